The maximum absolute atomic E-state index is 13.1. The number of hydrogen-bond donors (Lipinski definition) is 1. The van der Waals surface area contributed by atoms with Crippen LogP contribution >= 0.6 is 0 Å². The van der Waals surface area contributed by atoms with E-state index >= 15 is 0 Å². The molecule has 2 atom stereocenters. The first-order valence-electron chi connectivity index (χ1n) is 7.35. The van der Waals surface area contributed by atoms with Crippen LogP contribution in [-0.4, -0.2) is 32.4 Å². The minimum atomic E-state index is -0.335. The molecule has 1 fully saturated rings. The number of rotatable bonds is 4. The minimum Gasteiger partial charge on any atom is -0.392 e. The average Bonchev–Trinajstić information content (AvgIpc) is 3.06. The number of aliphatic hydroxyl groups excluding tert-OH is 1. The van der Waals surface area contributed by atoms with Crippen LogP contribution in [0.4, 0.5) is 4.39 Å². The van der Waals surface area contributed by atoms with Crippen molar-refractivity contribution in [1.82, 2.24) is 14.7 Å². The molecule has 1 aliphatic heterocycles. The van der Waals surface area contributed by atoms with Gasteiger partial charge in [0, 0.05) is 31.9 Å². The van der Waals surface area contributed by atoms with Crippen molar-refractivity contribution in [2.75, 3.05) is 6.54 Å². The molecule has 2 aromatic rings. The Kier molecular flexibility index (Phi) is 4.03. The number of β-amino-alcohol motifs (C(OH)–C–C–N with tert-alkyl or cyclic N) is 1. The second-order valence-corrected chi connectivity index (χ2v) is 5.52. The van der Waals surface area contributed by atoms with Crippen molar-refractivity contribution in [2.24, 2.45) is 0 Å². The number of hydrogen-bond acceptors (Lipinski definition) is 3. The Morgan fingerprint density at radius 2 is 2.05 bits per heavy atom. The van der Waals surface area contributed by atoms with Gasteiger partial charge in [-0.3, -0.25) is 9.58 Å². The molecule has 0 radical (unpaired) electrons. The van der Waals surface area contributed by atoms with E-state index in [9.17, 15) is 9.50 Å². The van der Waals surface area contributed by atoms with Crippen LogP contribution in [0.1, 0.15) is 30.6 Å². The van der Waals surface area contributed by atoms with Crippen LogP contribution in [0.25, 0.3) is 0 Å². The molecule has 2 heterocycles. The molecular formula is C16H20FN3O. The van der Waals surface area contributed by atoms with Crippen LogP contribution in [0.3, 0.4) is 0 Å². The van der Waals surface area contributed by atoms with Gasteiger partial charge < -0.3 is 5.11 Å². The summed E-state index contributed by atoms with van der Waals surface area (Å²) < 4.78 is 15.0. The van der Waals surface area contributed by atoms with Crippen LogP contribution in [-0.2, 0) is 13.1 Å². The molecule has 21 heavy (non-hydrogen) atoms. The van der Waals surface area contributed by atoms with Crippen LogP contribution in [0.5, 0.6) is 0 Å². The monoisotopic (exact) mass is 289 g/mol. The topological polar surface area (TPSA) is 41.3 Å². The third-order valence-corrected chi connectivity index (χ3v) is 4.11. The molecule has 0 bridgehead atoms. The summed E-state index contributed by atoms with van der Waals surface area (Å²) in [6, 6.07) is 8.71. The molecule has 5 heteroatoms. The summed E-state index contributed by atoms with van der Waals surface area (Å²) >= 11 is 0. The lowest BCUT2D eigenvalue weighted by molar-refractivity contribution is 0.171. The van der Waals surface area contributed by atoms with E-state index in [4.69, 9.17) is 0 Å². The van der Waals surface area contributed by atoms with Gasteiger partial charge in [0.15, 0.2) is 0 Å². The molecule has 0 spiro atoms. The first kappa shape index (κ1) is 14.2. The highest BCUT2D eigenvalue weighted by atomic mass is 19.1. The Bertz CT molecular complexity index is 596. The third kappa shape index (κ3) is 2.99. The number of halogens is 1. The molecule has 4 nitrogen and oxygen atoms in total. The average molecular weight is 289 g/mol. The van der Waals surface area contributed by atoms with Gasteiger partial charge in [-0.05, 0) is 37.1 Å². The van der Waals surface area contributed by atoms with Crippen LogP contribution in [0.15, 0.2) is 36.5 Å². The fourth-order valence-corrected chi connectivity index (χ4v) is 3.07. The van der Waals surface area contributed by atoms with Crippen LogP contribution in [0, 0.1) is 5.82 Å². The minimum absolute atomic E-state index is 0.126. The summed E-state index contributed by atoms with van der Waals surface area (Å²) in [4.78, 5) is 2.24. The number of aromatic nitrogens is 2. The third-order valence-electron chi connectivity index (χ3n) is 4.11. The highest BCUT2D eigenvalue weighted by Crippen LogP contribution is 2.33. The summed E-state index contributed by atoms with van der Waals surface area (Å²) in [7, 11) is 0. The van der Waals surface area contributed by atoms with Crippen molar-refractivity contribution in [1.29, 1.82) is 0 Å². The number of aliphatic hydroxyl groups is 1. The summed E-state index contributed by atoms with van der Waals surface area (Å²) in [5.74, 6) is -0.229. The van der Waals surface area contributed by atoms with E-state index < -0.39 is 0 Å². The summed E-state index contributed by atoms with van der Waals surface area (Å²) in [6.07, 6.45) is 2.16. The quantitative estimate of drug-likeness (QED) is 0.939. The van der Waals surface area contributed by atoms with Gasteiger partial charge in [-0.15, -0.1) is 0 Å². The van der Waals surface area contributed by atoms with Crippen molar-refractivity contribution >= 4 is 0 Å². The Hall–Kier alpha value is -1.72. The maximum atomic E-state index is 13.1. The van der Waals surface area contributed by atoms with E-state index in [0.717, 1.165) is 24.3 Å². The first-order valence-corrected chi connectivity index (χ1v) is 7.35. The lowest BCUT2D eigenvalue weighted by Crippen LogP contribution is -2.25. The fourth-order valence-electron chi connectivity index (χ4n) is 3.07. The van der Waals surface area contributed by atoms with Gasteiger partial charge in [0.2, 0.25) is 0 Å². The molecule has 0 aliphatic carbocycles. The van der Waals surface area contributed by atoms with Crippen LogP contribution < -0.4 is 0 Å². The van der Waals surface area contributed by atoms with E-state index in [2.05, 4.69) is 16.9 Å². The van der Waals surface area contributed by atoms with Crippen molar-refractivity contribution in [3.8, 4) is 0 Å². The van der Waals surface area contributed by atoms with Gasteiger partial charge in [-0.1, -0.05) is 12.1 Å². The summed E-state index contributed by atoms with van der Waals surface area (Å²) in [6.45, 7) is 4.27. The molecule has 3 rings (SSSR count). The number of nitrogens with zero attached hydrogens (tertiary/aromatic N) is 3. The molecular weight excluding hydrogens is 269 g/mol. The molecule has 112 valence electrons. The Labute approximate surface area is 123 Å². The normalized spacial score (nSPS) is 22.8. The first-order chi connectivity index (χ1) is 10.2. The van der Waals surface area contributed by atoms with Crippen LogP contribution in [0.2, 0.25) is 0 Å². The SMILES string of the molecule is CCn1nccc1CN1CC(O)CC1c1ccc(F)cc1. The van der Waals surface area contributed by atoms with Crippen molar-refractivity contribution in [2.45, 2.75) is 38.6 Å². The number of benzene rings is 1. The van der Waals surface area contributed by atoms with E-state index in [1.54, 1.807) is 6.20 Å². The predicted molar refractivity (Wildman–Crippen MR) is 78.1 cm³/mol. The molecule has 0 saturated carbocycles. The van der Waals surface area contributed by atoms with Gasteiger partial charge in [0.25, 0.3) is 0 Å². The fraction of sp³-hybridized carbons (Fsp3) is 0.438. The highest BCUT2D eigenvalue weighted by molar-refractivity contribution is 5.22. The smallest absolute Gasteiger partial charge is 0.123 e. The molecule has 1 aliphatic rings. The zero-order chi connectivity index (χ0) is 14.8. The van der Waals surface area contributed by atoms with Gasteiger partial charge in [-0.25, -0.2) is 4.39 Å². The number of aryl methyl sites for hydroxylation is 1. The Morgan fingerprint density at radius 1 is 1.29 bits per heavy atom. The largest absolute Gasteiger partial charge is 0.392 e. The number of likely N-dealkylation sites (tertiary alicyclic amines) is 1. The highest BCUT2D eigenvalue weighted by Gasteiger charge is 2.32. The molecule has 1 N–H and O–H groups in total. The molecule has 0 amide bonds. The van der Waals surface area contributed by atoms with E-state index in [0.29, 0.717) is 13.0 Å². The van der Waals surface area contributed by atoms with E-state index in [1.807, 2.05) is 22.9 Å². The maximum Gasteiger partial charge on any atom is 0.123 e. The van der Waals surface area contributed by atoms with Crippen molar-refractivity contribution in [3.05, 3.63) is 53.6 Å². The molecule has 1 saturated heterocycles. The molecule has 1 aromatic carbocycles. The van der Waals surface area contributed by atoms with E-state index in [1.165, 1.54) is 12.1 Å². The summed E-state index contributed by atoms with van der Waals surface area (Å²) in [5.41, 5.74) is 2.19. The second kappa shape index (κ2) is 5.95. The van der Waals surface area contributed by atoms with E-state index in [-0.39, 0.29) is 18.0 Å². The zero-order valence-electron chi connectivity index (χ0n) is 12.1. The van der Waals surface area contributed by atoms with Gasteiger partial charge >= 0.3 is 0 Å². The Balaban J connectivity index is 1.81. The summed E-state index contributed by atoms with van der Waals surface area (Å²) in [5, 5.41) is 14.3. The second-order valence-electron chi connectivity index (χ2n) is 5.52. The van der Waals surface area contributed by atoms with Gasteiger partial charge in [0.05, 0.1) is 11.8 Å². The van der Waals surface area contributed by atoms with Crippen molar-refractivity contribution in [3.63, 3.8) is 0 Å². The van der Waals surface area contributed by atoms with Gasteiger partial charge in [0.1, 0.15) is 5.82 Å². The zero-order valence-corrected chi connectivity index (χ0v) is 12.1. The standard InChI is InChI=1S/C16H20FN3O/c1-2-20-14(7-8-18-20)10-19-11-15(21)9-16(19)12-3-5-13(17)6-4-12/h3-8,15-16,21H,2,9-11H2,1H3. The molecule has 1 aromatic heterocycles. The van der Waals surface area contributed by atoms with Crippen molar-refractivity contribution < 1.29 is 9.50 Å². The Morgan fingerprint density at radius 3 is 2.76 bits per heavy atom. The lowest BCUT2D eigenvalue weighted by Gasteiger charge is -2.24. The lowest BCUT2D eigenvalue weighted by atomic mass is 10.0. The predicted octanol–water partition coefficient (Wildman–Crippen LogP) is 2.35. The van der Waals surface area contributed by atoms with Gasteiger partial charge in [-0.2, -0.15) is 5.10 Å². The molecule has 2 unspecified atom stereocenters.